The quantitative estimate of drug-likeness (QED) is 0.894. The smallest absolute Gasteiger partial charge is 0.164 e. The Bertz CT molecular complexity index is 526. The number of rotatable bonds is 4. The summed E-state index contributed by atoms with van der Waals surface area (Å²) in [4.78, 5) is 0. The number of benzene rings is 1. The van der Waals surface area contributed by atoms with E-state index >= 15 is 0 Å². The highest BCUT2D eigenvalue weighted by atomic mass is 16.3. The predicted octanol–water partition coefficient (Wildman–Crippen LogP) is 3.44. The molecule has 0 amide bonds. The van der Waals surface area contributed by atoms with Crippen molar-refractivity contribution in [2.24, 2.45) is 7.05 Å². The van der Waals surface area contributed by atoms with Gasteiger partial charge >= 0.3 is 0 Å². The van der Waals surface area contributed by atoms with Crippen LogP contribution in [0.25, 0.3) is 11.3 Å². The molecular formula is C15H20N2O. The van der Waals surface area contributed by atoms with Gasteiger partial charge in [-0.1, -0.05) is 43.2 Å². The fourth-order valence-electron chi connectivity index (χ4n) is 2.08. The topological polar surface area (TPSA) is 38.1 Å². The average molecular weight is 244 g/mol. The third-order valence-electron chi connectivity index (χ3n) is 3.23. The van der Waals surface area contributed by atoms with Crippen LogP contribution < -0.4 is 0 Å². The minimum atomic E-state index is 0.329. The molecule has 0 fully saturated rings. The number of hydrogen-bond donors (Lipinski definition) is 1. The van der Waals surface area contributed by atoms with Gasteiger partial charge in [0.1, 0.15) is 5.69 Å². The molecule has 2 aromatic rings. The molecule has 2 rings (SSSR count). The van der Waals surface area contributed by atoms with Crippen molar-refractivity contribution < 1.29 is 5.11 Å². The second-order valence-electron chi connectivity index (χ2n) is 4.74. The molecule has 1 N–H and O–H groups in total. The van der Waals surface area contributed by atoms with E-state index in [2.05, 4.69) is 18.9 Å². The maximum atomic E-state index is 10.3. The first-order valence-corrected chi connectivity index (χ1v) is 6.45. The van der Waals surface area contributed by atoms with Gasteiger partial charge in [-0.15, -0.1) is 0 Å². The lowest BCUT2D eigenvalue weighted by molar-refractivity contribution is 0.465. The molecule has 0 radical (unpaired) electrons. The Kier molecular flexibility index (Phi) is 3.70. The van der Waals surface area contributed by atoms with Gasteiger partial charge in [0.2, 0.25) is 0 Å². The first kappa shape index (κ1) is 12.7. The highest BCUT2D eigenvalue weighted by Crippen LogP contribution is 2.32. The molecule has 1 heterocycles. The Labute approximate surface area is 108 Å². The van der Waals surface area contributed by atoms with Crippen molar-refractivity contribution in [2.45, 2.75) is 33.1 Å². The van der Waals surface area contributed by atoms with Crippen LogP contribution in [0.1, 0.15) is 31.0 Å². The zero-order valence-electron chi connectivity index (χ0n) is 11.3. The van der Waals surface area contributed by atoms with E-state index < -0.39 is 0 Å². The Balaban J connectivity index is 2.37. The van der Waals surface area contributed by atoms with E-state index in [1.807, 2.05) is 31.3 Å². The normalized spacial score (nSPS) is 10.8. The Morgan fingerprint density at radius 1 is 1.22 bits per heavy atom. The lowest BCUT2D eigenvalue weighted by Gasteiger charge is -2.01. The molecule has 0 spiro atoms. The molecule has 0 atom stereocenters. The maximum absolute atomic E-state index is 10.3. The second-order valence-corrected chi connectivity index (χ2v) is 4.74. The van der Waals surface area contributed by atoms with E-state index in [9.17, 15) is 5.11 Å². The third-order valence-corrected chi connectivity index (χ3v) is 3.23. The number of aromatic nitrogens is 2. The summed E-state index contributed by atoms with van der Waals surface area (Å²) in [7, 11) is 1.89. The Hall–Kier alpha value is -1.77. The molecule has 0 aliphatic heterocycles. The largest absolute Gasteiger partial charge is 0.504 e. The Morgan fingerprint density at radius 3 is 2.50 bits per heavy atom. The predicted molar refractivity (Wildman–Crippen MR) is 73.7 cm³/mol. The van der Waals surface area contributed by atoms with Gasteiger partial charge in [0.05, 0.1) is 5.69 Å². The van der Waals surface area contributed by atoms with Crippen LogP contribution in [0.15, 0.2) is 24.3 Å². The molecule has 1 aromatic heterocycles. The molecule has 0 aliphatic rings. The van der Waals surface area contributed by atoms with Crippen LogP contribution in [0.4, 0.5) is 0 Å². The molecule has 18 heavy (non-hydrogen) atoms. The van der Waals surface area contributed by atoms with Gasteiger partial charge in [-0.3, -0.25) is 4.68 Å². The van der Waals surface area contributed by atoms with Gasteiger partial charge in [0.25, 0.3) is 0 Å². The molecular weight excluding hydrogens is 224 g/mol. The minimum Gasteiger partial charge on any atom is -0.504 e. The van der Waals surface area contributed by atoms with Gasteiger partial charge < -0.3 is 5.11 Å². The van der Waals surface area contributed by atoms with E-state index in [-0.39, 0.29) is 0 Å². The monoisotopic (exact) mass is 244 g/mol. The second kappa shape index (κ2) is 5.25. The van der Waals surface area contributed by atoms with E-state index in [0.29, 0.717) is 11.4 Å². The van der Waals surface area contributed by atoms with Crippen LogP contribution in [-0.4, -0.2) is 14.9 Å². The van der Waals surface area contributed by atoms with Crippen LogP contribution in [0.3, 0.4) is 0 Å². The Morgan fingerprint density at radius 2 is 1.89 bits per heavy atom. The molecule has 0 unspecified atom stereocenters. The molecule has 0 bridgehead atoms. The van der Waals surface area contributed by atoms with E-state index in [4.69, 9.17) is 0 Å². The molecule has 1 aromatic carbocycles. The third kappa shape index (κ3) is 2.40. The molecule has 0 saturated carbocycles. The summed E-state index contributed by atoms with van der Waals surface area (Å²) >= 11 is 0. The summed E-state index contributed by atoms with van der Waals surface area (Å²) in [6, 6.07) is 8.08. The molecule has 3 nitrogen and oxygen atoms in total. The number of unbranched alkanes of at least 4 members (excludes halogenated alkanes) is 1. The minimum absolute atomic E-state index is 0.329. The van der Waals surface area contributed by atoms with Crippen LogP contribution in [-0.2, 0) is 13.5 Å². The average Bonchev–Trinajstić information content (AvgIpc) is 2.64. The van der Waals surface area contributed by atoms with Gasteiger partial charge in [0.15, 0.2) is 5.75 Å². The van der Waals surface area contributed by atoms with Gasteiger partial charge in [-0.25, -0.2) is 0 Å². The van der Waals surface area contributed by atoms with Crippen molar-refractivity contribution >= 4 is 0 Å². The van der Waals surface area contributed by atoms with Gasteiger partial charge in [-0.05, 0) is 19.8 Å². The van der Waals surface area contributed by atoms with Crippen LogP contribution >= 0.6 is 0 Å². The zero-order chi connectivity index (χ0) is 13.1. The van der Waals surface area contributed by atoms with E-state index in [0.717, 1.165) is 30.5 Å². The first-order valence-electron chi connectivity index (χ1n) is 6.45. The molecule has 0 saturated heterocycles. The standard InChI is InChI=1S/C15H20N2O/c1-4-5-6-13-15(18)14(16-17(13)3)12-9-7-11(2)8-10-12/h7-10,18H,4-6H2,1-3H3. The van der Waals surface area contributed by atoms with E-state index in [1.165, 1.54) is 5.56 Å². The van der Waals surface area contributed by atoms with Crippen molar-refractivity contribution in [1.29, 1.82) is 0 Å². The summed E-state index contributed by atoms with van der Waals surface area (Å²) in [6.07, 6.45) is 3.06. The maximum Gasteiger partial charge on any atom is 0.164 e. The van der Waals surface area contributed by atoms with Crippen molar-refractivity contribution in [3.63, 3.8) is 0 Å². The summed E-state index contributed by atoms with van der Waals surface area (Å²) in [5.74, 6) is 0.329. The SMILES string of the molecule is CCCCc1c(O)c(-c2ccc(C)cc2)nn1C. The summed E-state index contributed by atoms with van der Waals surface area (Å²) in [5.41, 5.74) is 3.79. The zero-order valence-corrected chi connectivity index (χ0v) is 11.3. The van der Waals surface area contributed by atoms with Crippen molar-refractivity contribution in [3.05, 3.63) is 35.5 Å². The van der Waals surface area contributed by atoms with Crippen LogP contribution in [0, 0.1) is 6.92 Å². The van der Waals surface area contributed by atoms with Gasteiger partial charge in [-0.2, -0.15) is 5.10 Å². The number of nitrogens with zero attached hydrogens (tertiary/aromatic N) is 2. The molecule has 0 aliphatic carbocycles. The van der Waals surface area contributed by atoms with Crippen LogP contribution in [0.5, 0.6) is 5.75 Å². The summed E-state index contributed by atoms with van der Waals surface area (Å²) in [5, 5.41) is 14.7. The molecule has 96 valence electrons. The lowest BCUT2D eigenvalue weighted by atomic mass is 10.1. The van der Waals surface area contributed by atoms with Crippen LogP contribution in [0.2, 0.25) is 0 Å². The summed E-state index contributed by atoms with van der Waals surface area (Å²) < 4.78 is 1.79. The fraction of sp³-hybridized carbons (Fsp3) is 0.400. The van der Waals surface area contributed by atoms with Crippen molar-refractivity contribution in [2.75, 3.05) is 0 Å². The van der Waals surface area contributed by atoms with E-state index in [1.54, 1.807) is 4.68 Å². The first-order chi connectivity index (χ1) is 8.63. The number of hydrogen-bond acceptors (Lipinski definition) is 2. The fourth-order valence-corrected chi connectivity index (χ4v) is 2.08. The lowest BCUT2D eigenvalue weighted by Crippen LogP contribution is -1.98. The molecule has 3 heteroatoms. The highest BCUT2D eigenvalue weighted by molar-refractivity contribution is 5.67. The van der Waals surface area contributed by atoms with Crippen molar-refractivity contribution in [1.82, 2.24) is 9.78 Å². The highest BCUT2D eigenvalue weighted by Gasteiger charge is 2.15. The number of aromatic hydroxyl groups is 1. The van der Waals surface area contributed by atoms with Gasteiger partial charge in [0, 0.05) is 12.6 Å². The van der Waals surface area contributed by atoms with Crippen molar-refractivity contribution in [3.8, 4) is 17.0 Å². The number of aryl methyl sites for hydroxylation is 2. The summed E-state index contributed by atoms with van der Waals surface area (Å²) in [6.45, 7) is 4.20.